The number of piperidine rings is 1. The molecule has 1 aliphatic rings. The molecular formula is C15H18FNO3S. The highest BCUT2D eigenvalue weighted by Gasteiger charge is 2.26. The molecule has 114 valence electrons. The molecule has 1 aromatic rings. The van der Waals surface area contributed by atoms with Crippen molar-refractivity contribution in [3.8, 4) is 11.8 Å². The van der Waals surface area contributed by atoms with E-state index in [1.807, 2.05) is 0 Å². The first-order valence-electron chi connectivity index (χ1n) is 6.95. The highest BCUT2D eigenvalue weighted by Crippen LogP contribution is 2.22. The van der Waals surface area contributed by atoms with Gasteiger partial charge in [0.25, 0.3) is 0 Å². The molecule has 0 amide bonds. The van der Waals surface area contributed by atoms with Crippen LogP contribution in [0.4, 0.5) is 4.39 Å². The van der Waals surface area contributed by atoms with Crippen molar-refractivity contribution < 1.29 is 17.9 Å². The van der Waals surface area contributed by atoms with E-state index in [1.54, 1.807) is 0 Å². The molecule has 0 aliphatic carbocycles. The second-order valence-electron chi connectivity index (χ2n) is 4.88. The van der Waals surface area contributed by atoms with Gasteiger partial charge in [0.1, 0.15) is 5.82 Å². The van der Waals surface area contributed by atoms with E-state index < -0.39 is 15.8 Å². The molecule has 0 radical (unpaired) electrons. The van der Waals surface area contributed by atoms with Gasteiger partial charge in [-0.25, -0.2) is 12.8 Å². The van der Waals surface area contributed by atoms with Crippen LogP contribution in [0.5, 0.6) is 0 Å². The van der Waals surface area contributed by atoms with Crippen LogP contribution in [0.15, 0.2) is 23.1 Å². The topological polar surface area (TPSA) is 57.6 Å². The first-order valence-corrected chi connectivity index (χ1v) is 8.39. The van der Waals surface area contributed by atoms with E-state index in [-0.39, 0.29) is 23.5 Å². The number of benzene rings is 1. The fraction of sp³-hybridized carbons (Fsp3) is 0.467. The van der Waals surface area contributed by atoms with Crippen molar-refractivity contribution in [3.05, 3.63) is 29.6 Å². The van der Waals surface area contributed by atoms with Crippen LogP contribution in [0, 0.1) is 17.7 Å². The second kappa shape index (κ2) is 7.03. The maximum atomic E-state index is 13.9. The molecule has 1 aromatic carbocycles. The summed E-state index contributed by atoms with van der Waals surface area (Å²) in [5, 5.41) is 8.63. The highest BCUT2D eigenvalue weighted by molar-refractivity contribution is 7.89. The van der Waals surface area contributed by atoms with Crippen LogP contribution < -0.4 is 0 Å². The van der Waals surface area contributed by atoms with Crippen LogP contribution in [0.2, 0.25) is 0 Å². The highest BCUT2D eigenvalue weighted by atomic mass is 32.2. The van der Waals surface area contributed by atoms with Crippen LogP contribution in [-0.4, -0.2) is 37.5 Å². The molecule has 2 rings (SSSR count). The summed E-state index contributed by atoms with van der Waals surface area (Å²) in [6, 6.07) is 3.78. The Morgan fingerprint density at radius 1 is 1.24 bits per heavy atom. The van der Waals surface area contributed by atoms with E-state index in [2.05, 4.69) is 11.8 Å². The Bertz CT molecular complexity index is 655. The zero-order valence-corrected chi connectivity index (χ0v) is 12.5. The van der Waals surface area contributed by atoms with Crippen LogP contribution >= 0.6 is 0 Å². The van der Waals surface area contributed by atoms with Gasteiger partial charge in [-0.15, -0.1) is 0 Å². The molecule has 1 N–H and O–H groups in total. The largest absolute Gasteiger partial charge is 0.395 e. The summed E-state index contributed by atoms with van der Waals surface area (Å²) < 4.78 is 40.1. The van der Waals surface area contributed by atoms with E-state index >= 15 is 0 Å². The summed E-state index contributed by atoms with van der Waals surface area (Å²) in [5.74, 6) is 4.54. The molecule has 6 heteroatoms. The van der Waals surface area contributed by atoms with Crippen molar-refractivity contribution in [1.82, 2.24) is 4.31 Å². The van der Waals surface area contributed by atoms with Gasteiger partial charge in [0.05, 0.1) is 17.1 Å². The lowest BCUT2D eigenvalue weighted by molar-refractivity contribution is 0.305. The number of hydrogen-bond donors (Lipinski definition) is 1. The normalized spacial score (nSPS) is 16.3. The Balaban J connectivity index is 2.25. The lowest BCUT2D eigenvalue weighted by Crippen LogP contribution is -2.35. The van der Waals surface area contributed by atoms with Crippen LogP contribution in [0.3, 0.4) is 0 Å². The van der Waals surface area contributed by atoms with Gasteiger partial charge in [-0.3, -0.25) is 0 Å². The number of halogens is 1. The van der Waals surface area contributed by atoms with E-state index in [0.717, 1.165) is 25.3 Å². The third-order valence-corrected chi connectivity index (χ3v) is 5.25. The molecule has 0 saturated carbocycles. The van der Waals surface area contributed by atoms with Crippen molar-refractivity contribution in [1.29, 1.82) is 0 Å². The predicted octanol–water partition coefficient (Wildman–Crippen LogP) is 1.73. The van der Waals surface area contributed by atoms with Crippen molar-refractivity contribution >= 4 is 10.0 Å². The van der Waals surface area contributed by atoms with Gasteiger partial charge in [-0.05, 0) is 31.0 Å². The van der Waals surface area contributed by atoms with E-state index in [1.165, 1.54) is 16.4 Å². The van der Waals surface area contributed by atoms with Crippen LogP contribution in [0.1, 0.15) is 31.2 Å². The predicted molar refractivity (Wildman–Crippen MR) is 77.6 cm³/mol. The minimum atomic E-state index is -3.62. The zero-order chi connectivity index (χ0) is 15.3. The zero-order valence-electron chi connectivity index (χ0n) is 11.7. The Kier molecular flexibility index (Phi) is 5.34. The lowest BCUT2D eigenvalue weighted by atomic mass is 10.2. The molecular weight excluding hydrogens is 293 g/mol. The Hall–Kier alpha value is -1.42. The third-order valence-electron chi connectivity index (χ3n) is 3.35. The van der Waals surface area contributed by atoms with Gasteiger partial charge >= 0.3 is 0 Å². The van der Waals surface area contributed by atoms with Gasteiger partial charge in [-0.1, -0.05) is 18.3 Å². The SMILES string of the molecule is O=S(=O)(c1ccc(C#CCCO)c(F)c1)N1CCCCC1. The van der Waals surface area contributed by atoms with E-state index in [9.17, 15) is 12.8 Å². The van der Waals surface area contributed by atoms with Gasteiger partial charge in [0, 0.05) is 19.5 Å². The monoisotopic (exact) mass is 311 g/mol. The maximum Gasteiger partial charge on any atom is 0.243 e. The van der Waals surface area contributed by atoms with Crippen molar-refractivity contribution in [3.63, 3.8) is 0 Å². The molecule has 0 spiro atoms. The molecule has 4 nitrogen and oxygen atoms in total. The standard InChI is InChI=1S/C15H18FNO3S/c16-15-12-14(8-7-13(15)6-2-5-11-18)21(19,20)17-9-3-1-4-10-17/h7-8,12,18H,1,3-5,9-11H2. The fourth-order valence-electron chi connectivity index (χ4n) is 2.23. The summed E-state index contributed by atoms with van der Waals surface area (Å²) in [7, 11) is -3.62. The smallest absolute Gasteiger partial charge is 0.243 e. The molecule has 0 unspecified atom stereocenters. The lowest BCUT2D eigenvalue weighted by Gasteiger charge is -2.25. The Morgan fingerprint density at radius 3 is 2.57 bits per heavy atom. The number of rotatable bonds is 3. The first-order chi connectivity index (χ1) is 10.1. The Morgan fingerprint density at radius 2 is 1.95 bits per heavy atom. The van der Waals surface area contributed by atoms with E-state index in [4.69, 9.17) is 5.11 Å². The fourth-order valence-corrected chi connectivity index (χ4v) is 3.76. The summed E-state index contributed by atoms with van der Waals surface area (Å²) in [6.07, 6.45) is 2.96. The molecule has 1 heterocycles. The molecule has 0 aromatic heterocycles. The molecule has 1 saturated heterocycles. The average Bonchev–Trinajstić information content (AvgIpc) is 2.50. The molecule has 21 heavy (non-hydrogen) atoms. The van der Waals surface area contributed by atoms with Crippen LogP contribution in [-0.2, 0) is 10.0 Å². The summed E-state index contributed by atoms with van der Waals surface area (Å²) in [4.78, 5) is -0.0328. The number of aliphatic hydroxyl groups excluding tert-OH is 1. The molecule has 1 fully saturated rings. The quantitative estimate of drug-likeness (QED) is 0.865. The number of sulfonamides is 1. The number of aliphatic hydroxyl groups is 1. The minimum Gasteiger partial charge on any atom is -0.395 e. The van der Waals surface area contributed by atoms with Gasteiger partial charge in [-0.2, -0.15) is 4.31 Å². The summed E-state index contributed by atoms with van der Waals surface area (Å²) in [5.41, 5.74) is 0.140. The van der Waals surface area contributed by atoms with Crippen LogP contribution in [0.25, 0.3) is 0 Å². The number of hydrogen-bond acceptors (Lipinski definition) is 3. The summed E-state index contributed by atoms with van der Waals surface area (Å²) >= 11 is 0. The van der Waals surface area contributed by atoms with E-state index in [0.29, 0.717) is 13.1 Å². The first kappa shape index (κ1) is 16.0. The van der Waals surface area contributed by atoms with Gasteiger partial charge < -0.3 is 5.11 Å². The van der Waals surface area contributed by atoms with Gasteiger partial charge in [0.2, 0.25) is 10.0 Å². The minimum absolute atomic E-state index is 0.0328. The van der Waals surface area contributed by atoms with Crippen molar-refractivity contribution in [2.24, 2.45) is 0 Å². The Labute approximate surface area is 124 Å². The maximum absolute atomic E-state index is 13.9. The van der Waals surface area contributed by atoms with Gasteiger partial charge in [0.15, 0.2) is 0 Å². The summed E-state index contributed by atoms with van der Waals surface area (Å²) in [6.45, 7) is 0.889. The molecule has 1 aliphatic heterocycles. The number of nitrogens with zero attached hydrogens (tertiary/aromatic N) is 1. The average molecular weight is 311 g/mol. The van der Waals surface area contributed by atoms with Crippen molar-refractivity contribution in [2.45, 2.75) is 30.6 Å². The van der Waals surface area contributed by atoms with Crippen molar-refractivity contribution in [2.75, 3.05) is 19.7 Å². The second-order valence-corrected chi connectivity index (χ2v) is 6.82. The molecule has 0 atom stereocenters. The molecule has 0 bridgehead atoms. The third kappa shape index (κ3) is 3.82.